The number of halogens is 2. The number of Topliss-reactive ketones (excluding diaryl/α,β-unsaturated/α-hetero) is 1. The molecule has 5 rings (SSSR count). The molecule has 152 valence electrons. The summed E-state index contributed by atoms with van der Waals surface area (Å²) in [6, 6.07) is 16.9. The van der Waals surface area contributed by atoms with E-state index in [1.807, 2.05) is 54.6 Å². The fourth-order valence-electron chi connectivity index (χ4n) is 4.13. The molecule has 3 heterocycles. The molecule has 0 amide bonds. The first kappa shape index (κ1) is 19.6. The van der Waals surface area contributed by atoms with Crippen molar-refractivity contribution in [1.82, 2.24) is 4.98 Å². The van der Waals surface area contributed by atoms with Crippen LogP contribution in [0.25, 0.3) is 22.4 Å². The standard InChI is InChI=1S/C24H19Cl2NO3/c25-16-7-5-15(6-8-16)18-13-19-21(28)14-24(9-11-29-12-10-24)30-23(19)27-22(18)17-3-1-2-4-20(17)26/h1-8,13H,9-12,14H2. The third kappa shape index (κ3) is 3.49. The number of aromatic nitrogens is 1. The van der Waals surface area contributed by atoms with E-state index in [2.05, 4.69) is 0 Å². The zero-order valence-corrected chi connectivity index (χ0v) is 17.7. The molecule has 6 heteroatoms. The van der Waals surface area contributed by atoms with Crippen molar-refractivity contribution in [3.05, 3.63) is 70.2 Å². The van der Waals surface area contributed by atoms with Crippen LogP contribution in [0.2, 0.25) is 10.0 Å². The van der Waals surface area contributed by atoms with Crippen LogP contribution < -0.4 is 4.74 Å². The highest BCUT2D eigenvalue weighted by Gasteiger charge is 2.43. The van der Waals surface area contributed by atoms with Gasteiger partial charge in [-0.3, -0.25) is 4.79 Å². The summed E-state index contributed by atoms with van der Waals surface area (Å²) in [4.78, 5) is 17.9. The lowest BCUT2D eigenvalue weighted by Crippen LogP contribution is -2.46. The molecule has 2 aliphatic heterocycles. The van der Waals surface area contributed by atoms with Gasteiger partial charge in [-0.15, -0.1) is 0 Å². The zero-order chi connectivity index (χ0) is 20.7. The smallest absolute Gasteiger partial charge is 0.225 e. The molecule has 0 atom stereocenters. The summed E-state index contributed by atoms with van der Waals surface area (Å²) in [5, 5.41) is 1.23. The maximum Gasteiger partial charge on any atom is 0.225 e. The largest absolute Gasteiger partial charge is 0.470 e. The summed E-state index contributed by atoms with van der Waals surface area (Å²) in [5.74, 6) is 0.423. The second-order valence-electron chi connectivity index (χ2n) is 7.72. The van der Waals surface area contributed by atoms with Crippen molar-refractivity contribution in [3.63, 3.8) is 0 Å². The highest BCUT2D eigenvalue weighted by molar-refractivity contribution is 6.33. The molecule has 0 saturated carbocycles. The van der Waals surface area contributed by atoms with Crippen LogP contribution in [-0.4, -0.2) is 29.6 Å². The van der Waals surface area contributed by atoms with Crippen molar-refractivity contribution < 1.29 is 14.3 Å². The van der Waals surface area contributed by atoms with Crippen LogP contribution >= 0.6 is 23.2 Å². The first-order valence-electron chi connectivity index (χ1n) is 9.91. The van der Waals surface area contributed by atoms with Crippen molar-refractivity contribution in [1.29, 1.82) is 0 Å². The molecule has 4 nitrogen and oxygen atoms in total. The van der Waals surface area contributed by atoms with Gasteiger partial charge in [0.2, 0.25) is 5.88 Å². The highest BCUT2D eigenvalue weighted by Crippen LogP contribution is 2.43. The van der Waals surface area contributed by atoms with Gasteiger partial charge in [-0.2, -0.15) is 0 Å². The Balaban J connectivity index is 1.70. The van der Waals surface area contributed by atoms with E-state index in [4.69, 9.17) is 37.7 Å². The van der Waals surface area contributed by atoms with E-state index < -0.39 is 5.60 Å². The Morgan fingerprint density at radius 2 is 1.63 bits per heavy atom. The van der Waals surface area contributed by atoms with Crippen molar-refractivity contribution in [2.75, 3.05) is 13.2 Å². The normalized spacial score (nSPS) is 17.5. The van der Waals surface area contributed by atoms with Crippen molar-refractivity contribution in [2.24, 2.45) is 0 Å². The van der Waals surface area contributed by atoms with Gasteiger partial charge in [-0.1, -0.05) is 53.5 Å². The van der Waals surface area contributed by atoms with E-state index in [9.17, 15) is 4.79 Å². The van der Waals surface area contributed by atoms with Crippen LogP contribution in [0.5, 0.6) is 5.88 Å². The number of fused-ring (bicyclic) bond motifs is 1. The number of pyridine rings is 1. The van der Waals surface area contributed by atoms with Crippen molar-refractivity contribution in [2.45, 2.75) is 24.9 Å². The molecule has 0 radical (unpaired) electrons. The minimum atomic E-state index is -0.533. The average molecular weight is 440 g/mol. The molecule has 1 saturated heterocycles. The molecular weight excluding hydrogens is 421 g/mol. The Labute approximate surface area is 184 Å². The predicted octanol–water partition coefficient (Wildman–Crippen LogP) is 6.24. The number of rotatable bonds is 2. The van der Waals surface area contributed by atoms with Crippen LogP contribution in [-0.2, 0) is 4.74 Å². The molecule has 2 aromatic carbocycles. The topological polar surface area (TPSA) is 48.4 Å². The number of nitrogens with zero attached hydrogens (tertiary/aromatic N) is 1. The van der Waals surface area contributed by atoms with E-state index in [-0.39, 0.29) is 5.78 Å². The first-order chi connectivity index (χ1) is 14.5. The SMILES string of the molecule is O=C1CC2(CCOCC2)Oc2nc(-c3ccccc3Cl)c(-c3ccc(Cl)cc3)cc21. The maximum atomic E-state index is 13.1. The van der Waals surface area contributed by atoms with Gasteiger partial charge in [-0.05, 0) is 29.8 Å². The van der Waals surface area contributed by atoms with Gasteiger partial charge in [-0.25, -0.2) is 4.98 Å². The van der Waals surface area contributed by atoms with Gasteiger partial charge in [0.1, 0.15) is 5.60 Å². The molecular formula is C24H19Cl2NO3. The first-order valence-corrected chi connectivity index (χ1v) is 10.7. The molecule has 0 aliphatic carbocycles. The van der Waals surface area contributed by atoms with E-state index in [0.717, 1.165) is 16.7 Å². The molecule has 1 spiro atoms. The zero-order valence-electron chi connectivity index (χ0n) is 16.2. The highest BCUT2D eigenvalue weighted by atomic mass is 35.5. The lowest BCUT2D eigenvalue weighted by Gasteiger charge is -2.40. The summed E-state index contributed by atoms with van der Waals surface area (Å²) in [7, 11) is 0. The Kier molecular flexibility index (Phi) is 5.02. The van der Waals surface area contributed by atoms with Gasteiger partial charge in [0.05, 0.1) is 30.9 Å². The number of carbonyl (C=O) groups excluding carboxylic acids is 1. The molecule has 1 aromatic heterocycles. The number of hydrogen-bond acceptors (Lipinski definition) is 4. The Bertz CT molecular complexity index is 1120. The second kappa shape index (κ2) is 7.69. The summed E-state index contributed by atoms with van der Waals surface area (Å²) in [6.45, 7) is 1.17. The number of ketones is 1. The van der Waals surface area contributed by atoms with Gasteiger partial charge < -0.3 is 9.47 Å². The van der Waals surface area contributed by atoms with Crippen LogP contribution in [0.3, 0.4) is 0 Å². The fourth-order valence-corrected chi connectivity index (χ4v) is 4.48. The monoisotopic (exact) mass is 439 g/mol. The van der Waals surface area contributed by atoms with E-state index in [0.29, 0.717) is 59.7 Å². The van der Waals surface area contributed by atoms with Crippen LogP contribution in [0, 0.1) is 0 Å². The van der Waals surface area contributed by atoms with Gasteiger partial charge in [0, 0.05) is 34.0 Å². The Morgan fingerprint density at radius 3 is 2.37 bits per heavy atom. The molecule has 0 N–H and O–H groups in total. The number of ether oxygens (including phenoxy) is 2. The van der Waals surface area contributed by atoms with Crippen molar-refractivity contribution >= 4 is 29.0 Å². The predicted molar refractivity (Wildman–Crippen MR) is 117 cm³/mol. The minimum Gasteiger partial charge on any atom is -0.470 e. The maximum absolute atomic E-state index is 13.1. The molecule has 0 bridgehead atoms. The van der Waals surface area contributed by atoms with Crippen molar-refractivity contribution in [3.8, 4) is 28.3 Å². The number of hydrogen-bond donors (Lipinski definition) is 0. The van der Waals surface area contributed by atoms with Gasteiger partial charge >= 0.3 is 0 Å². The lowest BCUT2D eigenvalue weighted by atomic mass is 9.84. The van der Waals surface area contributed by atoms with Gasteiger partial charge in [0.15, 0.2) is 5.78 Å². The van der Waals surface area contributed by atoms with Crippen LogP contribution in [0.1, 0.15) is 29.6 Å². The fraction of sp³-hybridized carbons (Fsp3) is 0.250. The minimum absolute atomic E-state index is 0.0478. The Hall–Kier alpha value is -2.40. The molecule has 1 fully saturated rings. The molecule has 3 aromatic rings. The van der Waals surface area contributed by atoms with E-state index in [1.165, 1.54) is 0 Å². The summed E-state index contributed by atoms with van der Waals surface area (Å²) < 4.78 is 11.8. The van der Waals surface area contributed by atoms with Gasteiger partial charge in [0.25, 0.3) is 0 Å². The molecule has 30 heavy (non-hydrogen) atoms. The number of carbonyl (C=O) groups is 1. The lowest BCUT2D eigenvalue weighted by molar-refractivity contribution is -0.0526. The summed E-state index contributed by atoms with van der Waals surface area (Å²) in [5.41, 5.74) is 3.16. The molecule has 0 unspecified atom stereocenters. The number of benzene rings is 2. The third-order valence-corrected chi connectivity index (χ3v) is 6.35. The second-order valence-corrected chi connectivity index (χ2v) is 8.57. The van der Waals surface area contributed by atoms with Crippen LogP contribution in [0.4, 0.5) is 0 Å². The quantitative estimate of drug-likeness (QED) is 0.474. The average Bonchev–Trinajstić information content (AvgIpc) is 2.74. The Morgan fingerprint density at radius 1 is 0.900 bits per heavy atom. The third-order valence-electron chi connectivity index (χ3n) is 5.77. The van der Waals surface area contributed by atoms with E-state index in [1.54, 1.807) is 0 Å². The van der Waals surface area contributed by atoms with E-state index >= 15 is 0 Å². The summed E-state index contributed by atoms with van der Waals surface area (Å²) >= 11 is 12.6. The molecule has 2 aliphatic rings. The van der Waals surface area contributed by atoms with Crippen LogP contribution in [0.15, 0.2) is 54.6 Å². The summed E-state index contributed by atoms with van der Waals surface area (Å²) in [6.07, 6.45) is 1.71.